The predicted octanol–water partition coefficient (Wildman–Crippen LogP) is 0.597. The van der Waals surface area contributed by atoms with Crippen LogP contribution in [0.3, 0.4) is 0 Å². The molecular weight excluding hydrogens is 174 g/mol. The first-order valence-electron chi connectivity index (χ1n) is 4.08. The number of hydrogen-bond donors (Lipinski definition) is 0. The van der Waals surface area contributed by atoms with Crippen molar-refractivity contribution in [2.45, 2.75) is 12.5 Å². The maximum absolute atomic E-state index is 11.3. The summed E-state index contributed by atoms with van der Waals surface area (Å²) in [6.45, 7) is 0.206. The fraction of sp³-hybridized carbons (Fsp3) is 0.875. The average Bonchev–Trinajstić information content (AvgIpc) is 2.55. The van der Waals surface area contributed by atoms with E-state index >= 15 is 0 Å². The third-order valence-electron chi connectivity index (χ3n) is 2.11. The van der Waals surface area contributed by atoms with Crippen molar-refractivity contribution in [3.8, 4) is 0 Å². The van der Waals surface area contributed by atoms with Gasteiger partial charge in [0.05, 0.1) is 0 Å². The Morgan fingerprint density at radius 2 is 2.50 bits per heavy atom. The third kappa shape index (κ3) is 2.38. The number of rotatable bonds is 3. The van der Waals surface area contributed by atoms with Crippen molar-refractivity contribution >= 4 is 17.7 Å². The Kier molecular flexibility index (Phi) is 3.88. The summed E-state index contributed by atoms with van der Waals surface area (Å²) < 4.78 is 4.79. The Balaban J connectivity index is 2.34. The summed E-state index contributed by atoms with van der Waals surface area (Å²) >= 11 is 1.91. The summed E-state index contributed by atoms with van der Waals surface area (Å²) in [5.41, 5.74) is 0. The van der Waals surface area contributed by atoms with E-state index in [4.69, 9.17) is 4.74 Å². The summed E-state index contributed by atoms with van der Waals surface area (Å²) in [5, 5.41) is 0. The molecule has 1 aliphatic rings. The fourth-order valence-corrected chi connectivity index (χ4v) is 2.52. The van der Waals surface area contributed by atoms with E-state index in [0.29, 0.717) is 6.04 Å². The lowest BCUT2D eigenvalue weighted by Gasteiger charge is -2.23. The average molecular weight is 189 g/mol. The minimum absolute atomic E-state index is 0.0880. The number of amides is 1. The largest absolute Gasteiger partial charge is 0.375 e. The van der Waals surface area contributed by atoms with Crippen LogP contribution >= 0.6 is 11.8 Å². The van der Waals surface area contributed by atoms with Crippen molar-refractivity contribution in [2.24, 2.45) is 0 Å². The summed E-state index contributed by atoms with van der Waals surface area (Å²) in [4.78, 5) is 13.1. The maximum atomic E-state index is 11.3. The third-order valence-corrected chi connectivity index (χ3v) is 3.26. The van der Waals surface area contributed by atoms with Crippen molar-refractivity contribution in [3.05, 3.63) is 0 Å². The van der Waals surface area contributed by atoms with Crippen LogP contribution < -0.4 is 0 Å². The fourth-order valence-electron chi connectivity index (χ4n) is 1.26. The van der Waals surface area contributed by atoms with Crippen molar-refractivity contribution in [3.63, 3.8) is 0 Å². The molecule has 0 aromatic carbocycles. The van der Waals surface area contributed by atoms with Crippen molar-refractivity contribution < 1.29 is 9.53 Å². The van der Waals surface area contributed by atoms with Crippen molar-refractivity contribution in [2.75, 3.05) is 32.3 Å². The highest BCUT2D eigenvalue weighted by Crippen LogP contribution is 2.21. The molecule has 1 fully saturated rings. The number of thioether (sulfide) groups is 1. The van der Waals surface area contributed by atoms with Gasteiger partial charge in [0.1, 0.15) is 6.61 Å². The summed E-state index contributed by atoms with van der Waals surface area (Å²) in [5.74, 6) is 2.34. The maximum Gasteiger partial charge on any atom is 0.248 e. The number of carbonyl (C=O) groups excluding carboxylic acids is 1. The van der Waals surface area contributed by atoms with Gasteiger partial charge in [-0.2, -0.15) is 11.8 Å². The SMILES string of the molecule is COCC(=O)N(C)C1CCSC1. The molecule has 1 amide bonds. The standard InChI is InChI=1S/C8H15NO2S/c1-9(8(10)5-11-2)7-3-4-12-6-7/h7H,3-6H2,1-2H3. The number of ether oxygens (including phenoxy) is 1. The molecule has 0 aromatic rings. The van der Waals surface area contributed by atoms with E-state index in [1.807, 2.05) is 23.7 Å². The van der Waals surface area contributed by atoms with E-state index in [-0.39, 0.29) is 12.5 Å². The van der Waals surface area contributed by atoms with Gasteiger partial charge in [-0.15, -0.1) is 0 Å². The van der Waals surface area contributed by atoms with E-state index in [2.05, 4.69) is 0 Å². The molecule has 1 saturated heterocycles. The van der Waals surface area contributed by atoms with Gasteiger partial charge in [-0.05, 0) is 12.2 Å². The molecule has 0 aromatic heterocycles. The first-order valence-corrected chi connectivity index (χ1v) is 5.23. The Labute approximate surface area is 77.4 Å². The molecule has 0 saturated carbocycles. The first kappa shape index (κ1) is 9.86. The zero-order chi connectivity index (χ0) is 8.97. The molecule has 70 valence electrons. The van der Waals surface area contributed by atoms with Crippen LogP contribution in [-0.4, -0.2) is 49.1 Å². The highest BCUT2D eigenvalue weighted by molar-refractivity contribution is 7.99. The van der Waals surface area contributed by atoms with E-state index in [1.165, 1.54) is 5.75 Å². The molecule has 1 heterocycles. The molecule has 3 nitrogen and oxygen atoms in total. The zero-order valence-electron chi connectivity index (χ0n) is 7.58. The minimum Gasteiger partial charge on any atom is -0.375 e. The van der Waals surface area contributed by atoms with Gasteiger partial charge in [-0.25, -0.2) is 0 Å². The van der Waals surface area contributed by atoms with Crippen molar-refractivity contribution in [1.29, 1.82) is 0 Å². The van der Waals surface area contributed by atoms with E-state index in [9.17, 15) is 4.79 Å². The second-order valence-electron chi connectivity index (χ2n) is 2.96. The van der Waals surface area contributed by atoms with Gasteiger partial charge in [0.15, 0.2) is 0 Å². The second-order valence-corrected chi connectivity index (χ2v) is 4.10. The van der Waals surface area contributed by atoms with Crippen LogP contribution in [0.25, 0.3) is 0 Å². The number of methoxy groups -OCH3 is 1. The molecule has 1 unspecified atom stereocenters. The molecule has 1 rings (SSSR count). The topological polar surface area (TPSA) is 29.5 Å². The molecule has 4 heteroatoms. The van der Waals surface area contributed by atoms with Crippen LogP contribution in [0.1, 0.15) is 6.42 Å². The summed E-state index contributed by atoms with van der Waals surface area (Å²) in [7, 11) is 3.41. The van der Waals surface area contributed by atoms with Gasteiger partial charge in [0.25, 0.3) is 0 Å². The molecule has 0 bridgehead atoms. The van der Waals surface area contributed by atoms with Crippen LogP contribution in [0.2, 0.25) is 0 Å². The summed E-state index contributed by atoms with van der Waals surface area (Å²) in [6.07, 6.45) is 1.12. The lowest BCUT2D eigenvalue weighted by Crippen LogP contribution is -2.38. The Hall–Kier alpha value is -0.220. The molecule has 0 spiro atoms. The van der Waals surface area contributed by atoms with Crippen molar-refractivity contribution in [1.82, 2.24) is 4.90 Å². The first-order chi connectivity index (χ1) is 5.75. The molecule has 0 radical (unpaired) electrons. The van der Waals surface area contributed by atoms with Crippen LogP contribution in [-0.2, 0) is 9.53 Å². The summed E-state index contributed by atoms with van der Waals surface area (Å²) in [6, 6.07) is 0.428. The van der Waals surface area contributed by atoms with Gasteiger partial charge in [-0.1, -0.05) is 0 Å². The Morgan fingerprint density at radius 3 is 3.00 bits per heavy atom. The quantitative estimate of drug-likeness (QED) is 0.651. The van der Waals surface area contributed by atoms with Gasteiger partial charge in [-0.3, -0.25) is 4.79 Å². The number of hydrogen-bond acceptors (Lipinski definition) is 3. The molecular formula is C8H15NO2S. The van der Waals surface area contributed by atoms with Gasteiger partial charge in [0, 0.05) is 26.0 Å². The van der Waals surface area contributed by atoms with E-state index < -0.39 is 0 Å². The molecule has 1 atom stereocenters. The van der Waals surface area contributed by atoms with Crippen LogP contribution in [0.5, 0.6) is 0 Å². The molecule has 0 aliphatic carbocycles. The normalized spacial score (nSPS) is 22.7. The minimum atomic E-state index is 0.0880. The Bertz CT molecular complexity index is 157. The molecule has 12 heavy (non-hydrogen) atoms. The zero-order valence-corrected chi connectivity index (χ0v) is 8.39. The molecule has 0 N–H and O–H groups in total. The highest BCUT2D eigenvalue weighted by Gasteiger charge is 2.23. The van der Waals surface area contributed by atoms with Crippen LogP contribution in [0, 0.1) is 0 Å². The lowest BCUT2D eigenvalue weighted by atomic mass is 10.2. The predicted molar refractivity (Wildman–Crippen MR) is 50.4 cm³/mol. The number of carbonyl (C=O) groups is 1. The monoisotopic (exact) mass is 189 g/mol. The smallest absolute Gasteiger partial charge is 0.248 e. The number of nitrogens with zero attached hydrogens (tertiary/aromatic N) is 1. The van der Waals surface area contributed by atoms with Gasteiger partial charge in [0.2, 0.25) is 5.91 Å². The molecule has 1 aliphatic heterocycles. The second kappa shape index (κ2) is 4.72. The Morgan fingerprint density at radius 1 is 1.75 bits per heavy atom. The van der Waals surface area contributed by atoms with Crippen LogP contribution in [0.4, 0.5) is 0 Å². The lowest BCUT2D eigenvalue weighted by molar-refractivity contribution is -0.135. The van der Waals surface area contributed by atoms with E-state index in [1.54, 1.807) is 7.11 Å². The highest BCUT2D eigenvalue weighted by atomic mass is 32.2. The van der Waals surface area contributed by atoms with Crippen LogP contribution in [0.15, 0.2) is 0 Å². The van der Waals surface area contributed by atoms with Gasteiger partial charge < -0.3 is 9.64 Å². The van der Waals surface area contributed by atoms with Gasteiger partial charge >= 0.3 is 0 Å². The van der Waals surface area contributed by atoms with E-state index in [0.717, 1.165) is 12.2 Å². The number of likely N-dealkylation sites (N-methyl/N-ethyl adjacent to an activating group) is 1.